The highest BCUT2D eigenvalue weighted by atomic mass is 19.1. The van der Waals surface area contributed by atoms with Gasteiger partial charge in [-0.05, 0) is 36.4 Å². The third-order valence-electron chi connectivity index (χ3n) is 5.72. The number of fused-ring (bicyclic) bond motifs is 1. The Morgan fingerprint density at radius 2 is 1.73 bits per heavy atom. The third-order valence-corrected chi connectivity index (χ3v) is 5.72. The van der Waals surface area contributed by atoms with Crippen LogP contribution in [-0.4, -0.2) is 41.2 Å². The number of benzene rings is 2. The smallest absolute Gasteiger partial charge is 0.224 e. The molecule has 2 aromatic rings. The van der Waals surface area contributed by atoms with Gasteiger partial charge in [0.1, 0.15) is 17.2 Å². The summed E-state index contributed by atoms with van der Waals surface area (Å²) in [5.41, 5.74) is 0.560. The maximum atomic E-state index is 12.9. The number of amides is 2. The minimum atomic E-state index is -0.553. The SMILES string of the molecule is O=C(CCC(=O)N1CCC2(CC1)CC(=O)c1ccccc1O2)Nc1ccc(F)cc1. The molecule has 1 saturated heterocycles. The van der Waals surface area contributed by atoms with Crippen molar-refractivity contribution < 1.29 is 23.5 Å². The van der Waals surface area contributed by atoms with E-state index in [-0.39, 0.29) is 36.3 Å². The molecule has 1 N–H and O–H groups in total. The number of para-hydroxylation sites is 1. The van der Waals surface area contributed by atoms with E-state index in [0.29, 0.717) is 49.4 Å². The highest BCUT2D eigenvalue weighted by Crippen LogP contribution is 2.39. The molecule has 2 aliphatic rings. The molecule has 1 spiro atoms. The van der Waals surface area contributed by atoms with Crippen molar-refractivity contribution >= 4 is 23.3 Å². The number of likely N-dealkylation sites (tertiary alicyclic amines) is 1. The number of ether oxygens (including phenoxy) is 1. The van der Waals surface area contributed by atoms with Crippen molar-refractivity contribution in [3.8, 4) is 5.75 Å². The van der Waals surface area contributed by atoms with E-state index in [9.17, 15) is 18.8 Å². The molecule has 156 valence electrons. The molecular formula is C23H23FN2O4. The fourth-order valence-corrected chi connectivity index (χ4v) is 4.02. The summed E-state index contributed by atoms with van der Waals surface area (Å²) in [4.78, 5) is 38.8. The summed E-state index contributed by atoms with van der Waals surface area (Å²) < 4.78 is 19.1. The average Bonchev–Trinajstić information content (AvgIpc) is 2.74. The number of ketones is 1. The Hall–Kier alpha value is -3.22. The second-order valence-corrected chi connectivity index (χ2v) is 7.82. The van der Waals surface area contributed by atoms with Crippen LogP contribution in [0.15, 0.2) is 48.5 Å². The zero-order valence-electron chi connectivity index (χ0n) is 16.5. The van der Waals surface area contributed by atoms with Crippen LogP contribution in [0.4, 0.5) is 10.1 Å². The summed E-state index contributed by atoms with van der Waals surface area (Å²) in [5, 5.41) is 2.65. The molecule has 2 aliphatic heterocycles. The van der Waals surface area contributed by atoms with Crippen molar-refractivity contribution in [2.24, 2.45) is 0 Å². The van der Waals surface area contributed by atoms with Gasteiger partial charge in [-0.3, -0.25) is 14.4 Å². The Balaban J connectivity index is 1.27. The van der Waals surface area contributed by atoms with Crippen LogP contribution in [0.25, 0.3) is 0 Å². The van der Waals surface area contributed by atoms with E-state index in [2.05, 4.69) is 5.32 Å². The van der Waals surface area contributed by atoms with Gasteiger partial charge in [0, 0.05) is 44.5 Å². The highest BCUT2D eigenvalue weighted by molar-refractivity contribution is 6.00. The van der Waals surface area contributed by atoms with Gasteiger partial charge >= 0.3 is 0 Å². The molecule has 0 saturated carbocycles. The Morgan fingerprint density at radius 1 is 1.03 bits per heavy atom. The summed E-state index contributed by atoms with van der Waals surface area (Å²) in [7, 11) is 0. The van der Waals surface area contributed by atoms with Crippen LogP contribution in [0.5, 0.6) is 5.75 Å². The minimum absolute atomic E-state index is 0.0558. The normalized spacial score (nSPS) is 17.2. The Morgan fingerprint density at radius 3 is 2.47 bits per heavy atom. The number of Topliss-reactive ketones (excluding diaryl/α,β-unsaturated/α-hetero) is 1. The fraction of sp³-hybridized carbons (Fsp3) is 0.348. The van der Waals surface area contributed by atoms with E-state index >= 15 is 0 Å². The maximum absolute atomic E-state index is 12.9. The third kappa shape index (κ3) is 4.35. The number of hydrogen-bond donors (Lipinski definition) is 1. The Labute approximate surface area is 174 Å². The van der Waals surface area contributed by atoms with Crippen LogP contribution in [0.2, 0.25) is 0 Å². The number of nitrogens with zero attached hydrogens (tertiary/aromatic N) is 1. The molecule has 30 heavy (non-hydrogen) atoms. The highest BCUT2D eigenvalue weighted by Gasteiger charge is 2.43. The molecule has 0 bridgehead atoms. The van der Waals surface area contributed by atoms with E-state index in [1.165, 1.54) is 24.3 Å². The number of hydrogen-bond acceptors (Lipinski definition) is 4. The molecule has 1 fully saturated rings. The molecular weight excluding hydrogens is 387 g/mol. The first-order chi connectivity index (χ1) is 14.4. The summed E-state index contributed by atoms with van der Waals surface area (Å²) in [6.45, 7) is 0.988. The average molecular weight is 410 g/mol. The molecule has 0 aromatic heterocycles. The number of piperidine rings is 1. The van der Waals surface area contributed by atoms with E-state index in [0.717, 1.165) is 0 Å². The summed E-state index contributed by atoms with van der Waals surface area (Å²) in [6, 6.07) is 12.7. The number of rotatable bonds is 4. The quantitative estimate of drug-likeness (QED) is 0.836. The fourth-order valence-electron chi connectivity index (χ4n) is 4.02. The largest absolute Gasteiger partial charge is 0.486 e. The zero-order valence-corrected chi connectivity index (χ0v) is 16.5. The Bertz CT molecular complexity index is 965. The molecule has 0 atom stereocenters. The van der Waals surface area contributed by atoms with E-state index in [1.54, 1.807) is 11.0 Å². The van der Waals surface area contributed by atoms with Gasteiger partial charge in [-0.15, -0.1) is 0 Å². The number of halogens is 1. The molecule has 0 aliphatic carbocycles. The van der Waals surface area contributed by atoms with Gasteiger partial charge in [-0.1, -0.05) is 12.1 Å². The van der Waals surface area contributed by atoms with Gasteiger partial charge in [0.05, 0.1) is 12.0 Å². The van der Waals surface area contributed by atoms with E-state index in [1.807, 2.05) is 18.2 Å². The van der Waals surface area contributed by atoms with E-state index in [4.69, 9.17) is 4.74 Å². The minimum Gasteiger partial charge on any atom is -0.486 e. The van der Waals surface area contributed by atoms with Crippen molar-refractivity contribution in [3.63, 3.8) is 0 Å². The molecule has 7 heteroatoms. The number of carbonyl (C=O) groups is 3. The number of carbonyl (C=O) groups excluding carboxylic acids is 3. The van der Waals surface area contributed by atoms with Crippen molar-refractivity contribution in [2.45, 2.75) is 37.7 Å². The van der Waals surface area contributed by atoms with Crippen LogP contribution in [0.1, 0.15) is 42.5 Å². The molecule has 6 nitrogen and oxygen atoms in total. The van der Waals surface area contributed by atoms with Crippen molar-refractivity contribution in [2.75, 3.05) is 18.4 Å². The number of anilines is 1. The molecule has 4 rings (SSSR count). The van der Waals surface area contributed by atoms with Crippen molar-refractivity contribution in [3.05, 3.63) is 59.9 Å². The molecule has 0 unspecified atom stereocenters. The second kappa shape index (κ2) is 8.26. The first kappa shape index (κ1) is 20.1. The maximum Gasteiger partial charge on any atom is 0.224 e. The predicted molar refractivity (Wildman–Crippen MR) is 109 cm³/mol. The van der Waals surface area contributed by atoms with E-state index < -0.39 is 5.60 Å². The van der Waals surface area contributed by atoms with Crippen molar-refractivity contribution in [1.82, 2.24) is 4.90 Å². The second-order valence-electron chi connectivity index (χ2n) is 7.82. The monoisotopic (exact) mass is 410 g/mol. The van der Waals surface area contributed by atoms with Crippen LogP contribution in [0.3, 0.4) is 0 Å². The molecule has 2 heterocycles. The molecule has 2 aromatic carbocycles. The van der Waals surface area contributed by atoms with Gasteiger partial charge in [0.2, 0.25) is 11.8 Å². The lowest BCUT2D eigenvalue weighted by Gasteiger charge is -2.44. The first-order valence-corrected chi connectivity index (χ1v) is 10.1. The van der Waals surface area contributed by atoms with Crippen LogP contribution in [0, 0.1) is 5.82 Å². The molecule has 0 radical (unpaired) electrons. The lowest BCUT2D eigenvalue weighted by Crippen LogP contribution is -2.52. The lowest BCUT2D eigenvalue weighted by molar-refractivity contribution is -0.136. The lowest BCUT2D eigenvalue weighted by atomic mass is 9.82. The van der Waals surface area contributed by atoms with Crippen LogP contribution in [-0.2, 0) is 9.59 Å². The zero-order chi connectivity index (χ0) is 21.1. The predicted octanol–water partition coefficient (Wildman–Crippen LogP) is 3.57. The van der Waals surface area contributed by atoms with Crippen molar-refractivity contribution in [1.29, 1.82) is 0 Å². The Kier molecular flexibility index (Phi) is 5.53. The standard InChI is InChI=1S/C23H23FN2O4/c24-16-5-7-17(8-6-16)25-21(28)9-10-22(29)26-13-11-23(12-14-26)15-19(27)18-3-1-2-4-20(18)30-23/h1-8H,9-15H2,(H,25,28). The van der Waals surface area contributed by atoms with Gasteiger partial charge < -0.3 is 15.0 Å². The topological polar surface area (TPSA) is 75.7 Å². The summed E-state index contributed by atoms with van der Waals surface area (Å²) in [6.07, 6.45) is 1.65. The van der Waals surface area contributed by atoms with Gasteiger partial charge in [-0.25, -0.2) is 4.39 Å². The molecule has 2 amide bonds. The van der Waals surface area contributed by atoms with Crippen LogP contribution < -0.4 is 10.1 Å². The first-order valence-electron chi connectivity index (χ1n) is 10.1. The van der Waals surface area contributed by atoms with Gasteiger partial charge in [-0.2, -0.15) is 0 Å². The summed E-state index contributed by atoms with van der Waals surface area (Å²) in [5.74, 6) is -0.0684. The van der Waals surface area contributed by atoms with Crippen LogP contribution >= 0.6 is 0 Å². The van der Waals surface area contributed by atoms with Gasteiger partial charge in [0.25, 0.3) is 0 Å². The summed E-state index contributed by atoms with van der Waals surface area (Å²) >= 11 is 0. The van der Waals surface area contributed by atoms with Gasteiger partial charge in [0.15, 0.2) is 5.78 Å². The number of nitrogens with one attached hydrogen (secondary N) is 1.